The Morgan fingerprint density at radius 1 is 1.00 bits per heavy atom. The van der Waals surface area contributed by atoms with Crippen molar-refractivity contribution in [3.05, 3.63) is 41.7 Å². The van der Waals surface area contributed by atoms with Gasteiger partial charge in [0.2, 0.25) is 5.91 Å². The Balaban J connectivity index is 1.93. The molecule has 1 aromatic carbocycles. The van der Waals surface area contributed by atoms with Gasteiger partial charge in [0.05, 0.1) is 27.9 Å². The number of nitrogens with zero attached hydrogens (tertiary/aromatic N) is 3. The summed E-state index contributed by atoms with van der Waals surface area (Å²) in [4.78, 5) is 23.8. The van der Waals surface area contributed by atoms with Crippen molar-refractivity contribution in [3.63, 3.8) is 0 Å². The molecule has 1 aromatic heterocycles. The first-order chi connectivity index (χ1) is 11.6. The van der Waals surface area contributed by atoms with Gasteiger partial charge in [0.15, 0.2) is 5.82 Å². The lowest BCUT2D eigenvalue weighted by Gasteiger charge is -2.05. The van der Waals surface area contributed by atoms with E-state index in [-0.39, 0.29) is 24.5 Å². The highest BCUT2D eigenvalue weighted by Crippen LogP contribution is 2.12. The second kappa shape index (κ2) is 8.47. The number of carbonyl (C=O) groups excluding carboxylic acids is 1. The minimum atomic E-state index is -0.274. The van der Waals surface area contributed by atoms with E-state index < -0.39 is 0 Å². The van der Waals surface area contributed by atoms with Crippen molar-refractivity contribution >= 4 is 12.0 Å². The van der Waals surface area contributed by atoms with Gasteiger partial charge >= 0.3 is 12.0 Å². The highest BCUT2D eigenvalue weighted by molar-refractivity contribution is 5.91. The standard InChI is InChI=1S/C16H18N4O4/c1-22-12-7-4-11(5-8-12)6-9-14(21)17-10-13-18-15(23-2)20-16(19-13)24-3/h4-9H,10H2,1-3H3,(H,17,21). The zero-order valence-electron chi connectivity index (χ0n) is 13.6. The maximum Gasteiger partial charge on any atom is 0.322 e. The van der Waals surface area contributed by atoms with Crippen molar-refractivity contribution in [2.45, 2.75) is 6.54 Å². The predicted octanol–water partition coefficient (Wildman–Crippen LogP) is 1.23. The zero-order valence-corrected chi connectivity index (χ0v) is 13.6. The molecule has 2 aromatic rings. The smallest absolute Gasteiger partial charge is 0.322 e. The Morgan fingerprint density at radius 2 is 1.62 bits per heavy atom. The number of aromatic nitrogens is 3. The molecule has 1 N–H and O–H groups in total. The highest BCUT2D eigenvalue weighted by Gasteiger charge is 2.07. The Kier molecular flexibility index (Phi) is 6.07. The van der Waals surface area contributed by atoms with E-state index in [9.17, 15) is 4.79 Å². The summed E-state index contributed by atoms with van der Waals surface area (Å²) in [6, 6.07) is 7.59. The molecule has 0 saturated heterocycles. The molecule has 0 atom stereocenters. The van der Waals surface area contributed by atoms with Crippen LogP contribution >= 0.6 is 0 Å². The van der Waals surface area contributed by atoms with Crippen molar-refractivity contribution in [1.29, 1.82) is 0 Å². The molecule has 0 fully saturated rings. The van der Waals surface area contributed by atoms with Crippen molar-refractivity contribution in [1.82, 2.24) is 20.3 Å². The van der Waals surface area contributed by atoms with E-state index in [2.05, 4.69) is 20.3 Å². The number of hydrogen-bond acceptors (Lipinski definition) is 7. The molecule has 0 bridgehead atoms. The molecular weight excluding hydrogens is 312 g/mol. The van der Waals surface area contributed by atoms with Gasteiger partial charge in [0, 0.05) is 6.08 Å². The summed E-state index contributed by atoms with van der Waals surface area (Å²) in [5, 5.41) is 2.68. The van der Waals surface area contributed by atoms with Gasteiger partial charge < -0.3 is 19.5 Å². The number of benzene rings is 1. The molecule has 1 heterocycles. The molecule has 8 nitrogen and oxygen atoms in total. The van der Waals surface area contributed by atoms with Gasteiger partial charge in [0.25, 0.3) is 0 Å². The largest absolute Gasteiger partial charge is 0.497 e. The lowest BCUT2D eigenvalue weighted by molar-refractivity contribution is -0.116. The summed E-state index contributed by atoms with van der Waals surface area (Å²) >= 11 is 0. The molecule has 2 rings (SSSR count). The SMILES string of the molecule is COc1ccc(C=CC(=O)NCc2nc(OC)nc(OC)n2)cc1. The molecule has 24 heavy (non-hydrogen) atoms. The monoisotopic (exact) mass is 330 g/mol. The van der Waals surface area contributed by atoms with Crippen molar-refractivity contribution in [2.24, 2.45) is 0 Å². The van der Waals surface area contributed by atoms with E-state index in [1.165, 1.54) is 20.3 Å². The van der Waals surface area contributed by atoms with Crippen LogP contribution in [0.25, 0.3) is 6.08 Å². The number of amides is 1. The molecular formula is C16H18N4O4. The first-order valence-corrected chi connectivity index (χ1v) is 7.07. The molecule has 0 spiro atoms. The van der Waals surface area contributed by atoms with E-state index >= 15 is 0 Å². The maximum absolute atomic E-state index is 11.9. The first-order valence-electron chi connectivity index (χ1n) is 7.07. The van der Waals surface area contributed by atoms with Gasteiger partial charge in [-0.2, -0.15) is 9.97 Å². The lowest BCUT2D eigenvalue weighted by atomic mass is 10.2. The topological polar surface area (TPSA) is 95.5 Å². The minimum Gasteiger partial charge on any atom is -0.497 e. The van der Waals surface area contributed by atoms with E-state index in [1.807, 2.05) is 24.3 Å². The predicted molar refractivity (Wildman–Crippen MR) is 86.8 cm³/mol. The molecule has 0 aliphatic rings. The van der Waals surface area contributed by atoms with Crippen LogP contribution in [0.5, 0.6) is 17.8 Å². The maximum atomic E-state index is 11.9. The summed E-state index contributed by atoms with van der Waals surface area (Å²) in [7, 11) is 4.48. The van der Waals surface area contributed by atoms with E-state index in [4.69, 9.17) is 14.2 Å². The molecule has 8 heteroatoms. The number of rotatable bonds is 7. The summed E-state index contributed by atoms with van der Waals surface area (Å²) < 4.78 is 15.0. The Morgan fingerprint density at radius 3 is 2.17 bits per heavy atom. The summed E-state index contributed by atoms with van der Waals surface area (Å²) in [6.07, 6.45) is 3.13. The van der Waals surface area contributed by atoms with E-state index in [1.54, 1.807) is 13.2 Å². The number of hydrogen-bond donors (Lipinski definition) is 1. The van der Waals surface area contributed by atoms with Gasteiger partial charge in [-0.15, -0.1) is 4.98 Å². The van der Waals surface area contributed by atoms with Gasteiger partial charge in [-0.3, -0.25) is 4.79 Å². The zero-order chi connectivity index (χ0) is 17.4. The third-order valence-electron chi connectivity index (χ3n) is 2.97. The summed E-state index contributed by atoms with van der Waals surface area (Å²) in [5.41, 5.74) is 0.884. The molecule has 0 aliphatic carbocycles. The highest BCUT2D eigenvalue weighted by atomic mass is 16.5. The van der Waals surface area contributed by atoms with Crippen molar-refractivity contribution < 1.29 is 19.0 Å². The van der Waals surface area contributed by atoms with Crippen LogP contribution in [-0.2, 0) is 11.3 Å². The molecule has 126 valence electrons. The summed E-state index contributed by atoms with van der Waals surface area (Å²) in [6.45, 7) is 0.126. The van der Waals surface area contributed by atoms with E-state index in [0.29, 0.717) is 5.82 Å². The third-order valence-corrected chi connectivity index (χ3v) is 2.97. The van der Waals surface area contributed by atoms with Crippen molar-refractivity contribution in [2.75, 3.05) is 21.3 Å². The van der Waals surface area contributed by atoms with Gasteiger partial charge in [-0.1, -0.05) is 12.1 Å². The van der Waals surface area contributed by atoms with Gasteiger partial charge in [-0.25, -0.2) is 0 Å². The fraction of sp³-hybridized carbons (Fsp3) is 0.250. The van der Waals surface area contributed by atoms with Crippen LogP contribution in [0.2, 0.25) is 0 Å². The second-order valence-electron chi connectivity index (χ2n) is 4.55. The lowest BCUT2D eigenvalue weighted by Crippen LogP contribution is -2.22. The molecule has 0 aliphatic heterocycles. The molecule has 1 amide bonds. The number of nitrogens with one attached hydrogen (secondary N) is 1. The number of carbonyl (C=O) groups is 1. The Bertz CT molecular complexity index is 694. The van der Waals surface area contributed by atoms with E-state index in [0.717, 1.165) is 11.3 Å². The molecule has 0 unspecified atom stereocenters. The van der Waals surface area contributed by atoms with Crippen LogP contribution in [0.15, 0.2) is 30.3 Å². The van der Waals surface area contributed by atoms with Crippen LogP contribution in [0.1, 0.15) is 11.4 Å². The fourth-order valence-electron chi connectivity index (χ4n) is 1.75. The van der Waals surface area contributed by atoms with Gasteiger partial charge in [0.1, 0.15) is 5.75 Å². The Labute approximate surface area is 139 Å². The fourth-order valence-corrected chi connectivity index (χ4v) is 1.75. The van der Waals surface area contributed by atoms with Crippen molar-refractivity contribution in [3.8, 4) is 17.8 Å². The van der Waals surface area contributed by atoms with Crippen LogP contribution < -0.4 is 19.5 Å². The average Bonchev–Trinajstić information content (AvgIpc) is 2.64. The quantitative estimate of drug-likeness (QED) is 0.763. The van der Waals surface area contributed by atoms with Crippen LogP contribution in [-0.4, -0.2) is 42.2 Å². The van der Waals surface area contributed by atoms with Crippen LogP contribution in [0.4, 0.5) is 0 Å². The number of ether oxygens (including phenoxy) is 3. The minimum absolute atomic E-state index is 0.125. The average molecular weight is 330 g/mol. The normalized spacial score (nSPS) is 10.5. The van der Waals surface area contributed by atoms with Crippen LogP contribution in [0, 0.1) is 0 Å². The molecule has 0 saturated carbocycles. The molecule has 0 radical (unpaired) electrons. The number of methoxy groups -OCH3 is 3. The summed E-state index contributed by atoms with van der Waals surface area (Å²) in [5.74, 6) is 0.823. The second-order valence-corrected chi connectivity index (χ2v) is 4.55. The third kappa shape index (κ3) is 4.94. The Hall–Kier alpha value is -3.16. The van der Waals surface area contributed by atoms with Gasteiger partial charge in [-0.05, 0) is 23.8 Å². The first kappa shape index (κ1) is 17.2. The van der Waals surface area contributed by atoms with Crippen LogP contribution in [0.3, 0.4) is 0 Å².